The molecule has 0 spiro atoms. The van der Waals surface area contributed by atoms with Crippen molar-refractivity contribution in [1.82, 2.24) is 4.90 Å². The lowest BCUT2D eigenvalue weighted by Gasteiger charge is -2.32. The summed E-state index contributed by atoms with van der Waals surface area (Å²) in [4.78, 5) is 26.9. The molecule has 0 saturated heterocycles. The van der Waals surface area contributed by atoms with Crippen LogP contribution in [0.3, 0.4) is 0 Å². The highest BCUT2D eigenvalue weighted by Crippen LogP contribution is 2.22. The fourth-order valence-corrected chi connectivity index (χ4v) is 2.99. The highest BCUT2D eigenvalue weighted by Gasteiger charge is 2.33. The van der Waals surface area contributed by atoms with Crippen molar-refractivity contribution in [3.63, 3.8) is 0 Å². The maximum absolute atomic E-state index is 12.8. The summed E-state index contributed by atoms with van der Waals surface area (Å²) >= 11 is 5.86. The fraction of sp³-hybridized carbons (Fsp3) is 0.364. The molecule has 0 bridgehead atoms. The molecule has 1 N–H and O–H groups in total. The normalized spacial score (nSPS) is 11.2. The third-order valence-electron chi connectivity index (χ3n) is 4.26. The van der Waals surface area contributed by atoms with Crippen molar-refractivity contribution in [3.05, 3.63) is 64.7 Å². The molecule has 150 valence electrons. The lowest BCUT2D eigenvalue weighted by molar-refractivity contribution is -0.146. The van der Waals surface area contributed by atoms with Crippen molar-refractivity contribution in [2.24, 2.45) is 0 Å². The molecule has 0 atom stereocenters. The predicted octanol–water partition coefficient (Wildman–Crippen LogP) is 3.96. The number of rotatable bonds is 9. The number of hydrogen-bond acceptors (Lipinski definition) is 4. The van der Waals surface area contributed by atoms with Crippen molar-refractivity contribution in [1.29, 1.82) is 0 Å². The number of hydrogen-bond donors (Lipinski definition) is 1. The Balaban J connectivity index is 2.11. The van der Waals surface area contributed by atoms with Crippen LogP contribution in [0.2, 0.25) is 5.02 Å². The average Bonchev–Trinajstić information content (AvgIpc) is 2.67. The Morgan fingerprint density at radius 2 is 1.54 bits per heavy atom. The van der Waals surface area contributed by atoms with Crippen LogP contribution in [0.15, 0.2) is 48.5 Å². The molecule has 2 rings (SSSR count). The number of aliphatic hydroxyl groups excluding tert-OH is 1. The second-order valence-corrected chi connectivity index (χ2v) is 7.43. The van der Waals surface area contributed by atoms with Gasteiger partial charge in [-0.1, -0.05) is 18.5 Å². The van der Waals surface area contributed by atoms with Gasteiger partial charge in [-0.05, 0) is 68.8 Å². The lowest BCUT2D eigenvalue weighted by atomic mass is 10.0. The number of carbonyl (C=O) groups excluding carboxylic acids is 2. The third kappa shape index (κ3) is 5.57. The van der Waals surface area contributed by atoms with Gasteiger partial charge in [0.2, 0.25) is 0 Å². The van der Waals surface area contributed by atoms with E-state index < -0.39 is 5.60 Å². The van der Waals surface area contributed by atoms with Crippen molar-refractivity contribution >= 4 is 23.3 Å². The molecule has 0 aliphatic rings. The van der Waals surface area contributed by atoms with Crippen LogP contribution in [0.4, 0.5) is 0 Å². The second-order valence-electron chi connectivity index (χ2n) is 6.99. The Morgan fingerprint density at radius 1 is 1.00 bits per heavy atom. The number of amides is 1. The van der Waals surface area contributed by atoms with Gasteiger partial charge < -0.3 is 14.7 Å². The molecule has 2 aromatic carbocycles. The molecule has 5 nitrogen and oxygen atoms in total. The first-order chi connectivity index (χ1) is 13.3. The minimum absolute atomic E-state index is 0.0939. The first kappa shape index (κ1) is 21.9. The van der Waals surface area contributed by atoms with E-state index in [1.807, 2.05) is 6.92 Å². The summed E-state index contributed by atoms with van der Waals surface area (Å²) in [6.07, 6.45) is 0.795. The molecular weight excluding hydrogens is 378 g/mol. The number of carbonyl (C=O) groups is 2. The van der Waals surface area contributed by atoms with Gasteiger partial charge in [-0.3, -0.25) is 9.59 Å². The lowest BCUT2D eigenvalue weighted by Crippen LogP contribution is -2.50. The Hall–Kier alpha value is -2.37. The van der Waals surface area contributed by atoms with Gasteiger partial charge in [0.15, 0.2) is 11.4 Å². The van der Waals surface area contributed by atoms with Crippen LogP contribution in [0.5, 0.6) is 5.75 Å². The van der Waals surface area contributed by atoms with Crippen LogP contribution >= 0.6 is 11.6 Å². The molecule has 0 aliphatic heterocycles. The van der Waals surface area contributed by atoms with Crippen LogP contribution in [0.1, 0.15) is 43.1 Å². The number of benzene rings is 2. The van der Waals surface area contributed by atoms with Gasteiger partial charge in [0.1, 0.15) is 5.75 Å². The van der Waals surface area contributed by atoms with E-state index in [-0.39, 0.29) is 24.8 Å². The van der Waals surface area contributed by atoms with Crippen molar-refractivity contribution < 1.29 is 19.4 Å². The van der Waals surface area contributed by atoms with E-state index in [1.165, 1.54) is 0 Å². The maximum atomic E-state index is 12.8. The van der Waals surface area contributed by atoms with E-state index in [9.17, 15) is 14.7 Å². The fourth-order valence-electron chi connectivity index (χ4n) is 2.87. The Morgan fingerprint density at radius 3 is 2.04 bits per heavy atom. The topological polar surface area (TPSA) is 66.8 Å². The van der Waals surface area contributed by atoms with Gasteiger partial charge in [-0.2, -0.15) is 0 Å². The largest absolute Gasteiger partial charge is 0.478 e. The molecule has 0 saturated carbocycles. The van der Waals surface area contributed by atoms with Gasteiger partial charge in [0.05, 0.1) is 6.61 Å². The molecule has 28 heavy (non-hydrogen) atoms. The van der Waals surface area contributed by atoms with Gasteiger partial charge in [-0.25, -0.2) is 0 Å². The summed E-state index contributed by atoms with van der Waals surface area (Å²) in [6.45, 7) is 6.10. The Kier molecular flexibility index (Phi) is 7.61. The van der Waals surface area contributed by atoms with Crippen LogP contribution in [0, 0.1) is 0 Å². The van der Waals surface area contributed by atoms with Gasteiger partial charge in [0, 0.05) is 29.2 Å². The maximum Gasteiger partial charge on any atom is 0.266 e. The van der Waals surface area contributed by atoms with Gasteiger partial charge >= 0.3 is 0 Å². The summed E-state index contributed by atoms with van der Waals surface area (Å²) in [7, 11) is 0. The molecule has 0 unspecified atom stereocenters. The van der Waals surface area contributed by atoms with Crippen LogP contribution < -0.4 is 4.74 Å². The zero-order valence-electron chi connectivity index (χ0n) is 16.4. The van der Waals surface area contributed by atoms with Gasteiger partial charge in [-0.15, -0.1) is 0 Å². The standard InChI is InChI=1S/C22H26ClNO4/c1-4-13-24(14-15-25)21(27)22(2,3)28-19-11-7-17(8-12-19)20(26)16-5-9-18(23)10-6-16/h5-12,25H,4,13-15H2,1-3H3. The average molecular weight is 404 g/mol. The summed E-state index contributed by atoms with van der Waals surface area (Å²) in [5.41, 5.74) is -0.0223. The van der Waals surface area contributed by atoms with Gasteiger partial charge in [0.25, 0.3) is 5.91 Å². The van der Waals surface area contributed by atoms with E-state index in [0.29, 0.717) is 28.4 Å². The smallest absolute Gasteiger partial charge is 0.266 e. The minimum Gasteiger partial charge on any atom is -0.478 e. The van der Waals surface area contributed by atoms with Crippen LogP contribution in [0.25, 0.3) is 0 Å². The summed E-state index contributed by atoms with van der Waals surface area (Å²) in [5.74, 6) is 0.187. The number of aliphatic hydroxyl groups is 1. The summed E-state index contributed by atoms with van der Waals surface area (Å²) in [5, 5.41) is 9.76. The minimum atomic E-state index is -1.09. The number of nitrogens with zero attached hydrogens (tertiary/aromatic N) is 1. The molecule has 1 amide bonds. The molecule has 0 aromatic heterocycles. The van der Waals surface area contributed by atoms with Crippen molar-refractivity contribution in [3.8, 4) is 5.75 Å². The highest BCUT2D eigenvalue weighted by atomic mass is 35.5. The Bertz CT molecular complexity index is 794. The first-order valence-electron chi connectivity index (χ1n) is 9.28. The Labute approximate surface area is 170 Å². The summed E-state index contributed by atoms with van der Waals surface area (Å²) in [6, 6.07) is 13.4. The predicted molar refractivity (Wildman–Crippen MR) is 110 cm³/mol. The molecule has 0 radical (unpaired) electrons. The number of ketones is 1. The molecule has 0 aliphatic carbocycles. The number of halogens is 1. The van der Waals surface area contributed by atoms with E-state index >= 15 is 0 Å². The van der Waals surface area contributed by atoms with E-state index in [2.05, 4.69) is 0 Å². The third-order valence-corrected chi connectivity index (χ3v) is 4.51. The van der Waals surface area contributed by atoms with E-state index in [4.69, 9.17) is 16.3 Å². The summed E-state index contributed by atoms with van der Waals surface area (Å²) < 4.78 is 5.89. The molecule has 0 fully saturated rings. The molecular formula is C22H26ClNO4. The van der Waals surface area contributed by atoms with E-state index in [0.717, 1.165) is 6.42 Å². The molecule has 0 heterocycles. The zero-order chi connectivity index (χ0) is 20.7. The second kappa shape index (κ2) is 9.71. The van der Waals surface area contributed by atoms with Crippen molar-refractivity contribution in [2.45, 2.75) is 32.8 Å². The molecule has 6 heteroatoms. The molecule has 2 aromatic rings. The number of ether oxygens (including phenoxy) is 1. The quantitative estimate of drug-likeness (QED) is 0.643. The van der Waals surface area contributed by atoms with E-state index in [1.54, 1.807) is 67.3 Å². The van der Waals surface area contributed by atoms with Crippen molar-refractivity contribution in [2.75, 3.05) is 19.7 Å². The SMILES string of the molecule is CCCN(CCO)C(=O)C(C)(C)Oc1ccc(C(=O)c2ccc(Cl)cc2)cc1. The zero-order valence-corrected chi connectivity index (χ0v) is 17.2. The highest BCUT2D eigenvalue weighted by molar-refractivity contribution is 6.30. The monoisotopic (exact) mass is 403 g/mol. The van der Waals surface area contributed by atoms with Crippen LogP contribution in [-0.4, -0.2) is 47.0 Å². The van der Waals surface area contributed by atoms with Crippen LogP contribution in [-0.2, 0) is 4.79 Å². The first-order valence-corrected chi connectivity index (χ1v) is 9.66.